The van der Waals surface area contributed by atoms with Crippen molar-refractivity contribution in [2.24, 2.45) is 0 Å². The molecule has 0 radical (unpaired) electrons. The molecule has 3 rings (SSSR count). The van der Waals surface area contributed by atoms with Crippen LogP contribution in [-0.4, -0.2) is 27.8 Å². The first kappa shape index (κ1) is 17.0. The lowest BCUT2D eigenvalue weighted by atomic mass is 10.1. The Morgan fingerprint density at radius 1 is 1.17 bits per heavy atom. The molecular weight excluding hydrogens is 322 g/mol. The van der Waals surface area contributed by atoms with Crippen molar-refractivity contribution >= 4 is 9.84 Å². The van der Waals surface area contributed by atoms with Gasteiger partial charge in [-0.05, 0) is 54.8 Å². The Balaban J connectivity index is 1.55. The summed E-state index contributed by atoms with van der Waals surface area (Å²) in [4.78, 5) is 0.360. The molecule has 1 heterocycles. The number of sulfone groups is 1. The van der Waals surface area contributed by atoms with Crippen LogP contribution in [0.1, 0.15) is 29.7 Å². The Labute approximate surface area is 143 Å². The number of nitrogens with one attached hydrogen (secondary N) is 1. The van der Waals surface area contributed by atoms with Crippen molar-refractivity contribution in [2.45, 2.75) is 30.7 Å². The van der Waals surface area contributed by atoms with Crippen molar-refractivity contribution in [3.8, 4) is 5.75 Å². The van der Waals surface area contributed by atoms with Crippen LogP contribution in [0.25, 0.3) is 0 Å². The third-order valence-electron chi connectivity index (χ3n) is 4.43. The summed E-state index contributed by atoms with van der Waals surface area (Å²) in [5, 5.41) is 3.49. The van der Waals surface area contributed by atoms with Gasteiger partial charge in [-0.2, -0.15) is 0 Å². The zero-order chi connectivity index (χ0) is 17.2. The number of rotatable bonds is 6. The summed E-state index contributed by atoms with van der Waals surface area (Å²) in [6.07, 6.45) is 3.18. The second-order valence-corrected chi connectivity index (χ2v) is 8.32. The Kier molecular flexibility index (Phi) is 4.92. The first-order valence-electron chi connectivity index (χ1n) is 8.21. The predicted molar refractivity (Wildman–Crippen MR) is 95.3 cm³/mol. The van der Waals surface area contributed by atoms with Gasteiger partial charge in [-0.25, -0.2) is 8.42 Å². The topological polar surface area (TPSA) is 55.4 Å². The van der Waals surface area contributed by atoms with Crippen LogP contribution < -0.4 is 10.1 Å². The van der Waals surface area contributed by atoms with Gasteiger partial charge in [0.05, 0.1) is 11.5 Å². The van der Waals surface area contributed by atoms with E-state index in [9.17, 15) is 8.42 Å². The van der Waals surface area contributed by atoms with Crippen LogP contribution in [0.3, 0.4) is 0 Å². The highest BCUT2D eigenvalue weighted by Gasteiger charge is 2.12. The molecule has 4 nitrogen and oxygen atoms in total. The lowest BCUT2D eigenvalue weighted by molar-refractivity contribution is 0.357. The van der Waals surface area contributed by atoms with Gasteiger partial charge in [0.2, 0.25) is 0 Å². The van der Waals surface area contributed by atoms with E-state index in [1.165, 1.54) is 17.4 Å². The van der Waals surface area contributed by atoms with Gasteiger partial charge in [0, 0.05) is 18.7 Å². The molecule has 24 heavy (non-hydrogen) atoms. The Hall–Kier alpha value is -1.85. The summed E-state index contributed by atoms with van der Waals surface area (Å²) in [7, 11) is -3.13. The largest absolute Gasteiger partial charge is 0.493 e. The molecule has 0 saturated heterocycles. The van der Waals surface area contributed by atoms with Crippen LogP contribution >= 0.6 is 0 Å². The molecule has 1 aliphatic heterocycles. The maximum atomic E-state index is 11.5. The lowest BCUT2D eigenvalue weighted by Gasteiger charge is -2.15. The molecule has 0 amide bonds. The molecular formula is C19H23NO3S. The van der Waals surface area contributed by atoms with E-state index in [1.807, 2.05) is 12.1 Å². The minimum atomic E-state index is -3.13. The van der Waals surface area contributed by atoms with Crippen LogP contribution in [0.4, 0.5) is 0 Å². The number of benzene rings is 2. The normalized spacial score (nSPS) is 14.9. The second-order valence-electron chi connectivity index (χ2n) is 6.31. The highest BCUT2D eigenvalue weighted by Crippen LogP contribution is 2.26. The monoisotopic (exact) mass is 345 g/mol. The van der Waals surface area contributed by atoms with E-state index >= 15 is 0 Å². The average molecular weight is 345 g/mol. The van der Waals surface area contributed by atoms with Crippen LogP contribution in [0.2, 0.25) is 0 Å². The average Bonchev–Trinajstić information content (AvgIpc) is 3.02. The van der Waals surface area contributed by atoms with Crippen molar-refractivity contribution in [1.82, 2.24) is 5.32 Å². The van der Waals surface area contributed by atoms with E-state index in [0.717, 1.165) is 37.3 Å². The van der Waals surface area contributed by atoms with Crippen molar-refractivity contribution < 1.29 is 13.2 Å². The molecule has 2 aromatic rings. The van der Waals surface area contributed by atoms with Crippen molar-refractivity contribution in [3.63, 3.8) is 0 Å². The fourth-order valence-electron chi connectivity index (χ4n) is 2.95. The maximum absolute atomic E-state index is 11.5. The highest BCUT2D eigenvalue weighted by atomic mass is 32.2. The van der Waals surface area contributed by atoms with Gasteiger partial charge in [-0.1, -0.05) is 24.3 Å². The predicted octanol–water partition coefficient (Wildman–Crippen LogP) is 2.92. The molecule has 0 spiro atoms. The first-order chi connectivity index (χ1) is 11.4. The molecule has 1 atom stereocenters. The molecule has 0 aliphatic carbocycles. The minimum Gasteiger partial charge on any atom is -0.493 e. The molecule has 2 aromatic carbocycles. The van der Waals surface area contributed by atoms with E-state index in [-0.39, 0.29) is 6.04 Å². The molecule has 5 heteroatoms. The van der Waals surface area contributed by atoms with E-state index in [4.69, 9.17) is 4.74 Å². The number of fused-ring (bicyclic) bond motifs is 1. The lowest BCUT2D eigenvalue weighted by Crippen LogP contribution is -2.21. The van der Waals surface area contributed by atoms with Gasteiger partial charge in [0.25, 0.3) is 0 Å². The van der Waals surface area contributed by atoms with Gasteiger partial charge >= 0.3 is 0 Å². The van der Waals surface area contributed by atoms with E-state index in [0.29, 0.717) is 4.90 Å². The first-order valence-corrected chi connectivity index (χ1v) is 10.1. The van der Waals surface area contributed by atoms with Gasteiger partial charge in [-0.15, -0.1) is 0 Å². The van der Waals surface area contributed by atoms with Gasteiger partial charge in [-0.3, -0.25) is 0 Å². The standard InChI is InChI=1S/C19H23NO3S/c1-14(16-4-6-18(7-5-16)24(2,21)22)20-11-9-15-3-8-19-17(13-15)10-12-23-19/h3-8,13-14,20H,9-12H2,1-2H3/t14-/m0/s1. The number of ether oxygens (including phenoxy) is 1. The van der Waals surface area contributed by atoms with Gasteiger partial charge in [0.15, 0.2) is 9.84 Å². The zero-order valence-electron chi connectivity index (χ0n) is 14.1. The quantitative estimate of drug-likeness (QED) is 0.875. The SMILES string of the molecule is C[C@H](NCCc1ccc2c(c1)CCO2)c1ccc(S(C)(=O)=O)cc1. The van der Waals surface area contributed by atoms with Crippen LogP contribution in [0, 0.1) is 0 Å². The fourth-order valence-corrected chi connectivity index (χ4v) is 3.58. The molecule has 128 valence electrons. The van der Waals surface area contributed by atoms with Crippen molar-refractivity contribution in [2.75, 3.05) is 19.4 Å². The molecule has 0 unspecified atom stereocenters. The van der Waals surface area contributed by atoms with Gasteiger partial charge < -0.3 is 10.1 Å². The van der Waals surface area contributed by atoms with Crippen molar-refractivity contribution in [3.05, 3.63) is 59.2 Å². The van der Waals surface area contributed by atoms with E-state index in [1.54, 1.807) is 12.1 Å². The highest BCUT2D eigenvalue weighted by molar-refractivity contribution is 7.90. The summed E-state index contributed by atoms with van der Waals surface area (Å²) < 4.78 is 28.5. The second kappa shape index (κ2) is 6.95. The molecule has 0 aromatic heterocycles. The summed E-state index contributed by atoms with van der Waals surface area (Å²) in [6.45, 7) is 3.75. The third-order valence-corrected chi connectivity index (χ3v) is 5.55. The molecule has 0 bridgehead atoms. The summed E-state index contributed by atoms with van der Waals surface area (Å²) in [5.74, 6) is 1.02. The Morgan fingerprint density at radius 3 is 2.62 bits per heavy atom. The summed E-state index contributed by atoms with van der Waals surface area (Å²) in [6, 6.07) is 13.7. The number of hydrogen-bond acceptors (Lipinski definition) is 4. The maximum Gasteiger partial charge on any atom is 0.175 e. The smallest absolute Gasteiger partial charge is 0.175 e. The van der Waals surface area contributed by atoms with Crippen molar-refractivity contribution in [1.29, 1.82) is 0 Å². The van der Waals surface area contributed by atoms with Crippen LogP contribution in [0.5, 0.6) is 5.75 Å². The summed E-state index contributed by atoms with van der Waals surface area (Å²) >= 11 is 0. The number of hydrogen-bond donors (Lipinski definition) is 1. The summed E-state index contributed by atoms with van der Waals surface area (Å²) in [5.41, 5.74) is 3.70. The van der Waals surface area contributed by atoms with E-state index < -0.39 is 9.84 Å². The van der Waals surface area contributed by atoms with Crippen LogP contribution in [-0.2, 0) is 22.7 Å². The Morgan fingerprint density at radius 2 is 1.92 bits per heavy atom. The molecule has 0 fully saturated rings. The Bertz CT molecular complexity index is 813. The third kappa shape index (κ3) is 3.97. The molecule has 0 saturated carbocycles. The van der Waals surface area contributed by atoms with Gasteiger partial charge in [0.1, 0.15) is 5.75 Å². The van der Waals surface area contributed by atoms with Crippen LogP contribution in [0.15, 0.2) is 47.4 Å². The zero-order valence-corrected chi connectivity index (χ0v) is 14.9. The fraction of sp³-hybridized carbons (Fsp3) is 0.368. The minimum absolute atomic E-state index is 0.177. The molecule has 1 N–H and O–H groups in total. The van der Waals surface area contributed by atoms with E-state index in [2.05, 4.69) is 30.4 Å². The molecule has 1 aliphatic rings.